The van der Waals surface area contributed by atoms with Crippen LogP contribution < -0.4 is 15.5 Å². The van der Waals surface area contributed by atoms with Crippen molar-refractivity contribution in [2.45, 2.75) is 17.9 Å². The molecule has 0 fully saturated rings. The van der Waals surface area contributed by atoms with Gasteiger partial charge in [-0.1, -0.05) is 42.5 Å². The average Bonchev–Trinajstić information content (AvgIpc) is 2.73. The first-order valence-electron chi connectivity index (χ1n) is 9.53. The van der Waals surface area contributed by atoms with E-state index in [0.29, 0.717) is 0 Å². The van der Waals surface area contributed by atoms with Crippen LogP contribution in [0.1, 0.15) is 6.92 Å². The van der Waals surface area contributed by atoms with E-state index in [4.69, 9.17) is 0 Å². The number of rotatable bonds is 7. The fraction of sp³-hybridized carbons (Fsp3) is 0.217. The maximum atomic E-state index is 12.7. The first kappa shape index (κ1) is 20.9. The van der Waals surface area contributed by atoms with E-state index >= 15 is 0 Å². The number of carbonyl (C=O) groups is 2. The third-order valence-electron chi connectivity index (χ3n) is 4.97. The normalized spacial score (nSPS) is 12.9. The van der Waals surface area contributed by atoms with Crippen molar-refractivity contribution in [1.82, 2.24) is 0 Å². The highest BCUT2D eigenvalue weighted by Gasteiger charge is 2.24. The number of hydrogen-bond acceptors (Lipinski definition) is 3. The molecule has 0 aliphatic carbocycles. The number of hydrogen-bond donors (Lipinski definition) is 3. The molecule has 0 aliphatic heterocycles. The van der Waals surface area contributed by atoms with E-state index in [1.54, 1.807) is 11.8 Å². The fourth-order valence-corrected chi connectivity index (χ4v) is 3.64. The summed E-state index contributed by atoms with van der Waals surface area (Å²) in [7, 11) is 1.85. The largest absolute Gasteiger partial charge is 0.321 e. The van der Waals surface area contributed by atoms with Crippen LogP contribution in [0.5, 0.6) is 0 Å². The highest BCUT2D eigenvalue weighted by Crippen LogP contribution is 2.24. The molecular weight excluding hydrogens is 382 g/mol. The molecule has 3 rings (SSSR count). The number of amides is 2. The van der Waals surface area contributed by atoms with Gasteiger partial charge in [-0.15, -0.1) is 11.8 Å². The molecule has 6 heteroatoms. The molecular formula is C23H26N3O2S+. The summed E-state index contributed by atoms with van der Waals surface area (Å²) in [5.41, 5.74) is 1.55. The van der Waals surface area contributed by atoms with Crippen molar-refractivity contribution in [3.05, 3.63) is 66.7 Å². The van der Waals surface area contributed by atoms with Crippen LogP contribution in [0.3, 0.4) is 0 Å². The topological polar surface area (TPSA) is 62.6 Å². The minimum absolute atomic E-state index is 0.116. The van der Waals surface area contributed by atoms with Gasteiger partial charge in [0.25, 0.3) is 11.8 Å². The Bertz CT molecular complexity index is 1020. The van der Waals surface area contributed by atoms with E-state index < -0.39 is 0 Å². The molecule has 0 spiro atoms. The van der Waals surface area contributed by atoms with E-state index in [1.807, 2.05) is 87.0 Å². The molecule has 0 aliphatic rings. The molecule has 3 aromatic rings. The lowest BCUT2D eigenvalue weighted by Crippen LogP contribution is -3.14. The Labute approximate surface area is 175 Å². The number of anilines is 2. The molecule has 150 valence electrons. The van der Waals surface area contributed by atoms with Crippen LogP contribution in [0.15, 0.2) is 71.6 Å². The predicted molar refractivity (Wildman–Crippen MR) is 121 cm³/mol. The zero-order chi connectivity index (χ0) is 20.8. The SMILES string of the molecule is CSc1ccccc1NC(=O)C[NH+](C)[C@@H](C)C(=O)Nc1ccc2ccccc2c1. The molecule has 0 aromatic heterocycles. The fourth-order valence-electron chi connectivity index (χ4n) is 3.09. The van der Waals surface area contributed by atoms with Crippen LogP contribution in [0, 0.1) is 0 Å². The Morgan fingerprint density at radius 1 is 0.966 bits per heavy atom. The maximum absolute atomic E-state index is 12.7. The summed E-state index contributed by atoms with van der Waals surface area (Å²) in [6.07, 6.45) is 1.97. The molecule has 29 heavy (non-hydrogen) atoms. The van der Waals surface area contributed by atoms with Gasteiger partial charge in [-0.2, -0.15) is 0 Å². The molecule has 2 atom stereocenters. The van der Waals surface area contributed by atoms with Gasteiger partial charge in [-0.25, -0.2) is 0 Å². The lowest BCUT2D eigenvalue weighted by atomic mass is 10.1. The number of thioether (sulfide) groups is 1. The van der Waals surface area contributed by atoms with Gasteiger partial charge in [0.2, 0.25) is 0 Å². The quantitative estimate of drug-likeness (QED) is 0.527. The van der Waals surface area contributed by atoms with Crippen molar-refractivity contribution in [1.29, 1.82) is 0 Å². The van der Waals surface area contributed by atoms with Gasteiger partial charge in [-0.3, -0.25) is 9.59 Å². The number of likely N-dealkylation sites (N-methyl/N-ethyl adjacent to an activating group) is 1. The maximum Gasteiger partial charge on any atom is 0.282 e. The molecule has 0 saturated carbocycles. The van der Waals surface area contributed by atoms with Gasteiger partial charge >= 0.3 is 0 Å². The smallest absolute Gasteiger partial charge is 0.282 e. The molecule has 0 saturated heterocycles. The zero-order valence-electron chi connectivity index (χ0n) is 16.9. The minimum atomic E-state index is -0.372. The van der Waals surface area contributed by atoms with Crippen LogP contribution in [0.2, 0.25) is 0 Å². The lowest BCUT2D eigenvalue weighted by molar-refractivity contribution is -0.885. The predicted octanol–water partition coefficient (Wildman–Crippen LogP) is 3.04. The summed E-state index contributed by atoms with van der Waals surface area (Å²) in [6, 6.07) is 21.2. The average molecular weight is 409 g/mol. The van der Waals surface area contributed by atoms with Crippen molar-refractivity contribution in [3.63, 3.8) is 0 Å². The number of para-hydroxylation sites is 1. The molecule has 5 nitrogen and oxygen atoms in total. The summed E-state index contributed by atoms with van der Waals surface area (Å²) < 4.78 is 0. The first-order valence-corrected chi connectivity index (χ1v) is 10.7. The minimum Gasteiger partial charge on any atom is -0.321 e. The molecule has 0 bridgehead atoms. The number of fused-ring (bicyclic) bond motifs is 1. The Balaban J connectivity index is 1.58. The van der Waals surface area contributed by atoms with Crippen LogP contribution in [0.4, 0.5) is 11.4 Å². The van der Waals surface area contributed by atoms with Crippen LogP contribution in [-0.4, -0.2) is 37.7 Å². The standard InChI is InChI=1S/C23H25N3O2S/c1-16(23(28)24-19-13-12-17-8-4-5-9-18(17)14-19)26(2)15-22(27)25-20-10-6-7-11-21(20)29-3/h4-14,16H,15H2,1-3H3,(H,24,28)(H,25,27)/p+1/t16-/m0/s1. The molecule has 3 aromatic carbocycles. The summed E-state index contributed by atoms with van der Waals surface area (Å²) in [5.74, 6) is -0.232. The highest BCUT2D eigenvalue weighted by atomic mass is 32.2. The molecule has 2 amide bonds. The number of benzene rings is 3. The summed E-state index contributed by atoms with van der Waals surface area (Å²) in [4.78, 5) is 26.9. The molecule has 3 N–H and O–H groups in total. The van der Waals surface area contributed by atoms with Gasteiger partial charge in [0.1, 0.15) is 0 Å². The first-order chi connectivity index (χ1) is 14.0. The van der Waals surface area contributed by atoms with Crippen molar-refractivity contribution >= 4 is 45.7 Å². The van der Waals surface area contributed by atoms with Crippen molar-refractivity contribution in [3.8, 4) is 0 Å². The van der Waals surface area contributed by atoms with Crippen LogP contribution >= 0.6 is 11.8 Å². The number of nitrogens with one attached hydrogen (secondary N) is 3. The summed E-state index contributed by atoms with van der Waals surface area (Å²) in [6.45, 7) is 2.03. The second-order valence-electron chi connectivity index (χ2n) is 7.04. The summed E-state index contributed by atoms with van der Waals surface area (Å²) in [5, 5.41) is 8.11. The van der Waals surface area contributed by atoms with Crippen LogP contribution in [-0.2, 0) is 9.59 Å². The van der Waals surface area contributed by atoms with Crippen molar-refractivity contribution in [2.24, 2.45) is 0 Å². The molecule has 0 heterocycles. The van der Waals surface area contributed by atoms with Crippen molar-refractivity contribution in [2.75, 3.05) is 30.5 Å². The van der Waals surface area contributed by atoms with E-state index in [-0.39, 0.29) is 24.4 Å². The number of carbonyl (C=O) groups excluding carboxylic acids is 2. The second kappa shape index (κ2) is 9.58. The van der Waals surface area contributed by atoms with Gasteiger partial charge in [0.15, 0.2) is 12.6 Å². The van der Waals surface area contributed by atoms with E-state index in [0.717, 1.165) is 31.9 Å². The Morgan fingerprint density at radius 3 is 2.41 bits per heavy atom. The summed E-state index contributed by atoms with van der Waals surface area (Å²) >= 11 is 1.58. The van der Waals surface area contributed by atoms with E-state index in [1.165, 1.54) is 0 Å². The molecule has 1 unspecified atom stereocenters. The Hall–Kier alpha value is -2.83. The van der Waals surface area contributed by atoms with Crippen LogP contribution in [0.25, 0.3) is 10.8 Å². The van der Waals surface area contributed by atoms with E-state index in [9.17, 15) is 9.59 Å². The van der Waals surface area contributed by atoms with E-state index in [2.05, 4.69) is 10.6 Å². The van der Waals surface area contributed by atoms with Crippen molar-refractivity contribution < 1.29 is 14.5 Å². The van der Waals surface area contributed by atoms with Gasteiger partial charge in [0.05, 0.1) is 12.7 Å². The number of quaternary nitrogens is 1. The third-order valence-corrected chi connectivity index (χ3v) is 5.77. The Kier molecular flexibility index (Phi) is 6.90. The lowest BCUT2D eigenvalue weighted by Gasteiger charge is -2.21. The third kappa shape index (κ3) is 5.37. The van der Waals surface area contributed by atoms with Gasteiger partial charge in [-0.05, 0) is 48.2 Å². The van der Waals surface area contributed by atoms with Gasteiger partial charge in [0, 0.05) is 10.6 Å². The highest BCUT2D eigenvalue weighted by molar-refractivity contribution is 7.98. The molecule has 0 radical (unpaired) electrons. The zero-order valence-corrected chi connectivity index (χ0v) is 17.7. The monoisotopic (exact) mass is 408 g/mol. The van der Waals surface area contributed by atoms with Gasteiger partial charge < -0.3 is 15.5 Å². The Morgan fingerprint density at radius 2 is 1.66 bits per heavy atom. The second-order valence-corrected chi connectivity index (χ2v) is 7.89.